The molecule has 0 bridgehead atoms. The third-order valence-electron chi connectivity index (χ3n) is 6.79. The zero-order valence-electron chi connectivity index (χ0n) is 21.5. The van der Waals surface area contributed by atoms with Gasteiger partial charge < -0.3 is 24.0 Å². The third kappa shape index (κ3) is 6.30. The van der Waals surface area contributed by atoms with Crippen molar-refractivity contribution < 1.29 is 14.0 Å². The van der Waals surface area contributed by atoms with Crippen molar-refractivity contribution in [2.24, 2.45) is 5.73 Å². The fraction of sp³-hybridized carbons (Fsp3) is 0.538. The molecule has 0 saturated carbocycles. The van der Waals surface area contributed by atoms with Gasteiger partial charge in [0.1, 0.15) is 17.7 Å². The van der Waals surface area contributed by atoms with E-state index in [2.05, 4.69) is 74.7 Å². The molecule has 0 aliphatic heterocycles. The number of primary amides is 1. The Morgan fingerprint density at radius 1 is 1.21 bits per heavy atom. The number of hydrogen-bond acceptors (Lipinski definition) is 4. The topological polar surface area (TPSA) is 84.3 Å². The number of nitrogens with two attached hydrogens (primary N) is 1. The molecule has 1 amide bonds. The monoisotopic (exact) mass is 484 g/mol. The van der Waals surface area contributed by atoms with Crippen molar-refractivity contribution in [3.05, 3.63) is 48.7 Å². The Morgan fingerprint density at radius 3 is 2.62 bits per heavy atom. The molecule has 7 nitrogen and oxygen atoms in total. The van der Waals surface area contributed by atoms with Crippen LogP contribution in [0.2, 0.25) is 18.1 Å². The Bertz CT molecular complexity index is 1100. The molecule has 2 N–H and O–H groups in total. The standard InChI is InChI=1S/C26H40N4O3Si/c1-7-8-16-32-21-12-11-20-13-15-29(23(20)17-21)14-9-10-24(33-34(5,6)26(2,3)4)30-18-22(25(27)31)28-19-30/h11-13,15,17-19,24H,7-10,14,16H2,1-6H3,(H2,27,31). The summed E-state index contributed by atoms with van der Waals surface area (Å²) < 4.78 is 16.8. The van der Waals surface area contributed by atoms with Crippen LogP contribution in [0.25, 0.3) is 10.9 Å². The lowest BCUT2D eigenvalue weighted by Gasteiger charge is -2.39. The van der Waals surface area contributed by atoms with Gasteiger partial charge in [-0.25, -0.2) is 4.98 Å². The number of hydrogen-bond donors (Lipinski definition) is 1. The molecular formula is C26H40N4O3Si. The van der Waals surface area contributed by atoms with E-state index in [4.69, 9.17) is 14.9 Å². The second kappa shape index (κ2) is 10.8. The maximum Gasteiger partial charge on any atom is 0.268 e. The quantitative estimate of drug-likeness (QED) is 0.248. The zero-order chi connectivity index (χ0) is 24.9. The first-order valence-corrected chi connectivity index (χ1v) is 15.2. The molecular weight excluding hydrogens is 444 g/mol. The van der Waals surface area contributed by atoms with Gasteiger partial charge in [-0.2, -0.15) is 0 Å². The van der Waals surface area contributed by atoms with E-state index in [0.717, 1.165) is 44.6 Å². The van der Waals surface area contributed by atoms with Crippen LogP contribution in [0.3, 0.4) is 0 Å². The van der Waals surface area contributed by atoms with Gasteiger partial charge in [-0.15, -0.1) is 0 Å². The van der Waals surface area contributed by atoms with Crippen molar-refractivity contribution in [3.63, 3.8) is 0 Å². The van der Waals surface area contributed by atoms with Crippen LogP contribution in [0.15, 0.2) is 43.0 Å². The van der Waals surface area contributed by atoms with E-state index >= 15 is 0 Å². The fourth-order valence-electron chi connectivity index (χ4n) is 3.63. The maximum absolute atomic E-state index is 11.6. The summed E-state index contributed by atoms with van der Waals surface area (Å²) in [6.07, 6.45) is 9.17. The minimum absolute atomic E-state index is 0.0726. The summed E-state index contributed by atoms with van der Waals surface area (Å²) in [4.78, 5) is 15.8. The molecule has 0 aliphatic rings. The number of carbonyl (C=O) groups excluding carboxylic acids is 1. The van der Waals surface area contributed by atoms with Gasteiger partial charge in [0.2, 0.25) is 0 Å². The van der Waals surface area contributed by atoms with E-state index in [-0.39, 0.29) is 17.0 Å². The van der Waals surface area contributed by atoms with Crippen LogP contribution in [-0.2, 0) is 11.0 Å². The van der Waals surface area contributed by atoms with Crippen LogP contribution in [0.4, 0.5) is 0 Å². The van der Waals surface area contributed by atoms with Crippen LogP contribution in [0.1, 0.15) is 70.1 Å². The molecule has 2 aromatic heterocycles. The summed E-state index contributed by atoms with van der Waals surface area (Å²) in [6.45, 7) is 14.9. The number of fused-ring (bicyclic) bond motifs is 1. The molecule has 0 aliphatic carbocycles. The second-order valence-corrected chi connectivity index (χ2v) is 15.2. The Balaban J connectivity index is 1.74. The molecule has 0 saturated heterocycles. The molecule has 0 spiro atoms. The third-order valence-corrected chi connectivity index (χ3v) is 11.3. The Hall–Kier alpha value is -2.58. The van der Waals surface area contributed by atoms with Crippen molar-refractivity contribution >= 4 is 25.1 Å². The first kappa shape index (κ1) is 26.0. The number of unbranched alkanes of at least 4 members (excludes halogenated alkanes) is 1. The lowest BCUT2D eigenvalue weighted by Crippen LogP contribution is -2.42. The smallest absolute Gasteiger partial charge is 0.268 e. The number of ether oxygens (including phenoxy) is 1. The summed E-state index contributed by atoms with van der Waals surface area (Å²) in [5.74, 6) is 0.387. The Labute approximate surface area is 204 Å². The highest BCUT2D eigenvalue weighted by molar-refractivity contribution is 6.74. The first-order chi connectivity index (χ1) is 16.0. The van der Waals surface area contributed by atoms with E-state index in [0.29, 0.717) is 0 Å². The largest absolute Gasteiger partial charge is 0.494 e. The summed E-state index contributed by atoms with van der Waals surface area (Å²) in [7, 11) is -2.04. The van der Waals surface area contributed by atoms with Crippen molar-refractivity contribution in [1.82, 2.24) is 14.1 Å². The molecule has 0 radical (unpaired) electrons. The van der Waals surface area contributed by atoms with Gasteiger partial charge in [-0.1, -0.05) is 34.1 Å². The van der Waals surface area contributed by atoms with E-state index < -0.39 is 14.2 Å². The molecule has 8 heteroatoms. The summed E-state index contributed by atoms with van der Waals surface area (Å²) in [5, 5.41) is 1.28. The van der Waals surface area contributed by atoms with Crippen molar-refractivity contribution in [1.29, 1.82) is 0 Å². The van der Waals surface area contributed by atoms with Crippen molar-refractivity contribution in [3.8, 4) is 5.75 Å². The summed E-state index contributed by atoms with van der Waals surface area (Å²) in [6, 6.07) is 8.43. The van der Waals surface area contributed by atoms with Gasteiger partial charge in [0.05, 0.1) is 18.5 Å². The van der Waals surface area contributed by atoms with Gasteiger partial charge in [0.15, 0.2) is 8.32 Å². The first-order valence-electron chi connectivity index (χ1n) is 12.2. The summed E-state index contributed by atoms with van der Waals surface area (Å²) >= 11 is 0. The highest BCUT2D eigenvalue weighted by Crippen LogP contribution is 2.39. The van der Waals surface area contributed by atoms with Crippen molar-refractivity contribution in [2.75, 3.05) is 6.61 Å². The normalized spacial score (nSPS) is 13.4. The number of aryl methyl sites for hydroxylation is 1. The van der Waals surface area contributed by atoms with E-state index in [1.165, 1.54) is 10.9 Å². The molecule has 34 heavy (non-hydrogen) atoms. The minimum Gasteiger partial charge on any atom is -0.494 e. The Kier molecular flexibility index (Phi) is 8.25. The van der Waals surface area contributed by atoms with E-state index in [1.54, 1.807) is 12.5 Å². The van der Waals surface area contributed by atoms with Gasteiger partial charge in [-0.3, -0.25) is 4.79 Å². The molecule has 0 fully saturated rings. The van der Waals surface area contributed by atoms with Gasteiger partial charge in [0.25, 0.3) is 5.91 Å². The predicted octanol–water partition coefficient (Wildman–Crippen LogP) is 6.12. The zero-order valence-corrected chi connectivity index (χ0v) is 22.5. The maximum atomic E-state index is 11.6. The predicted molar refractivity (Wildman–Crippen MR) is 140 cm³/mol. The van der Waals surface area contributed by atoms with Crippen LogP contribution in [0, 0.1) is 0 Å². The molecule has 1 atom stereocenters. The van der Waals surface area contributed by atoms with Crippen LogP contribution < -0.4 is 10.5 Å². The number of aromatic nitrogens is 3. The lowest BCUT2D eigenvalue weighted by molar-refractivity contribution is 0.0984. The Morgan fingerprint density at radius 2 is 1.97 bits per heavy atom. The molecule has 186 valence electrons. The number of amides is 1. The average molecular weight is 485 g/mol. The molecule has 3 rings (SSSR count). The van der Waals surface area contributed by atoms with Crippen LogP contribution in [-0.4, -0.2) is 34.9 Å². The van der Waals surface area contributed by atoms with Crippen LogP contribution in [0.5, 0.6) is 5.75 Å². The molecule has 3 aromatic rings. The molecule has 1 unspecified atom stereocenters. The van der Waals surface area contributed by atoms with Gasteiger partial charge >= 0.3 is 0 Å². The van der Waals surface area contributed by atoms with Crippen LogP contribution >= 0.6 is 0 Å². The number of rotatable bonds is 12. The number of carbonyl (C=O) groups is 1. The minimum atomic E-state index is -2.04. The fourth-order valence-corrected chi connectivity index (χ4v) is 4.90. The van der Waals surface area contributed by atoms with Gasteiger partial charge in [-0.05, 0) is 61.0 Å². The number of benzene rings is 1. The van der Waals surface area contributed by atoms with Gasteiger partial charge in [0, 0.05) is 25.0 Å². The SMILES string of the molecule is CCCCOc1ccc2ccn(CCCC(O[Si](C)(C)C(C)(C)C)n3cnc(C(N)=O)c3)c2c1. The molecule has 2 heterocycles. The second-order valence-electron chi connectivity index (χ2n) is 10.5. The number of nitrogens with zero attached hydrogens (tertiary/aromatic N) is 3. The number of imidazole rings is 1. The average Bonchev–Trinajstić information content (AvgIpc) is 3.40. The molecule has 1 aromatic carbocycles. The lowest BCUT2D eigenvalue weighted by atomic mass is 10.2. The van der Waals surface area contributed by atoms with E-state index in [1.807, 2.05) is 10.6 Å². The van der Waals surface area contributed by atoms with Crippen molar-refractivity contribution in [2.45, 2.75) is 84.3 Å². The summed E-state index contributed by atoms with van der Waals surface area (Å²) in [5.41, 5.74) is 6.87. The highest BCUT2D eigenvalue weighted by Gasteiger charge is 2.39. The highest BCUT2D eigenvalue weighted by atomic mass is 28.4. The van der Waals surface area contributed by atoms with E-state index in [9.17, 15) is 4.79 Å².